The van der Waals surface area contributed by atoms with Crippen LogP contribution in [-0.2, 0) is 12.1 Å². The normalized spacial score (nSPS) is 14.2. The fourth-order valence-corrected chi connectivity index (χ4v) is 5.20. The molecular formula is C23H23ClN6O2S. The number of aromatic nitrogens is 4. The number of ether oxygens (including phenoxy) is 1. The lowest BCUT2D eigenvalue weighted by Gasteiger charge is -2.28. The van der Waals surface area contributed by atoms with Gasteiger partial charge in [0, 0.05) is 23.9 Å². The van der Waals surface area contributed by atoms with Crippen molar-refractivity contribution in [1.82, 2.24) is 19.9 Å². The van der Waals surface area contributed by atoms with E-state index in [1.807, 2.05) is 19.2 Å². The van der Waals surface area contributed by atoms with Crippen LogP contribution in [-0.4, -0.2) is 38.2 Å². The van der Waals surface area contributed by atoms with Crippen LogP contribution in [0.4, 0.5) is 10.9 Å². The Labute approximate surface area is 200 Å². The number of thiazole rings is 1. The maximum atomic E-state index is 10.7. The summed E-state index contributed by atoms with van der Waals surface area (Å²) >= 11 is 7.74. The number of rotatable bonds is 3. The molecule has 3 N–H and O–H groups in total. The summed E-state index contributed by atoms with van der Waals surface area (Å²) in [5.74, 6) is 1.46. The van der Waals surface area contributed by atoms with Crippen LogP contribution in [0.1, 0.15) is 30.5 Å². The number of anilines is 2. The number of hydrogen-bond acceptors (Lipinski definition) is 9. The monoisotopic (exact) mass is 482 g/mol. The molecule has 0 saturated heterocycles. The summed E-state index contributed by atoms with van der Waals surface area (Å²) < 4.78 is 6.13. The second-order valence-corrected chi connectivity index (χ2v) is 9.94. The van der Waals surface area contributed by atoms with Crippen LogP contribution in [0.5, 0.6) is 5.75 Å². The van der Waals surface area contributed by atoms with Crippen molar-refractivity contribution in [2.24, 2.45) is 0 Å². The van der Waals surface area contributed by atoms with Crippen molar-refractivity contribution in [1.29, 1.82) is 0 Å². The highest BCUT2D eigenvalue weighted by atomic mass is 35.5. The lowest BCUT2D eigenvalue weighted by molar-refractivity contribution is 0.0783. The van der Waals surface area contributed by atoms with Crippen LogP contribution in [0.15, 0.2) is 30.7 Å². The number of nitrogen functional groups attached to an aromatic ring is 1. The van der Waals surface area contributed by atoms with Crippen LogP contribution in [0.25, 0.3) is 21.5 Å². The quantitative estimate of drug-likeness (QED) is 0.415. The summed E-state index contributed by atoms with van der Waals surface area (Å²) in [7, 11) is 0. The Morgan fingerprint density at radius 2 is 2.00 bits per heavy atom. The van der Waals surface area contributed by atoms with Crippen LogP contribution in [0.2, 0.25) is 5.15 Å². The highest BCUT2D eigenvalue weighted by Crippen LogP contribution is 2.38. The zero-order valence-corrected chi connectivity index (χ0v) is 20.0. The topological polar surface area (TPSA) is 110 Å². The Hall–Kier alpha value is -3.01. The van der Waals surface area contributed by atoms with E-state index in [2.05, 4.69) is 37.0 Å². The standard InChI is InChI=1S/C23H23ClN6O2S/c1-12-6-13(14-8-16-21(26-9-14)33-22(25)29-16)7-15-10-30(4-5-32-18(12)15)20-17(23(2,3)31)19(24)27-11-28-20/h6-9,11,31H,4-5,10H2,1-3H3,(H2,25,29). The van der Waals surface area contributed by atoms with Crippen molar-refractivity contribution >= 4 is 44.2 Å². The first kappa shape index (κ1) is 21.8. The van der Waals surface area contributed by atoms with E-state index in [1.165, 1.54) is 17.7 Å². The second kappa shape index (κ2) is 8.09. The Morgan fingerprint density at radius 1 is 1.18 bits per heavy atom. The van der Waals surface area contributed by atoms with Crippen molar-refractivity contribution in [3.05, 3.63) is 52.6 Å². The van der Waals surface area contributed by atoms with Gasteiger partial charge in [-0.05, 0) is 50.1 Å². The number of aryl methyl sites for hydroxylation is 1. The molecule has 1 aliphatic heterocycles. The maximum Gasteiger partial charge on any atom is 0.182 e. The molecule has 0 saturated carbocycles. The van der Waals surface area contributed by atoms with Gasteiger partial charge in [-0.3, -0.25) is 0 Å². The van der Waals surface area contributed by atoms with Crippen LogP contribution in [0.3, 0.4) is 0 Å². The third kappa shape index (κ3) is 4.07. The van der Waals surface area contributed by atoms with Gasteiger partial charge >= 0.3 is 0 Å². The zero-order chi connectivity index (χ0) is 23.3. The minimum absolute atomic E-state index is 0.240. The molecule has 0 atom stereocenters. The first-order chi connectivity index (χ1) is 15.7. The molecule has 0 amide bonds. The summed E-state index contributed by atoms with van der Waals surface area (Å²) in [5, 5.41) is 11.5. The molecule has 33 heavy (non-hydrogen) atoms. The minimum atomic E-state index is -1.20. The van der Waals surface area contributed by atoms with Crippen molar-refractivity contribution in [3.63, 3.8) is 0 Å². The van der Waals surface area contributed by atoms with Crippen molar-refractivity contribution in [2.45, 2.75) is 32.9 Å². The molecule has 8 nitrogen and oxygen atoms in total. The van der Waals surface area contributed by atoms with Gasteiger partial charge in [0.2, 0.25) is 0 Å². The zero-order valence-electron chi connectivity index (χ0n) is 18.5. The number of benzene rings is 1. The van der Waals surface area contributed by atoms with Gasteiger partial charge in [-0.2, -0.15) is 0 Å². The molecule has 4 heterocycles. The third-order valence-electron chi connectivity index (χ3n) is 5.61. The summed E-state index contributed by atoms with van der Waals surface area (Å²) in [6.45, 7) is 7.01. The molecule has 0 unspecified atom stereocenters. The minimum Gasteiger partial charge on any atom is -0.491 e. The van der Waals surface area contributed by atoms with Crippen LogP contribution >= 0.6 is 22.9 Å². The number of nitrogens with zero attached hydrogens (tertiary/aromatic N) is 5. The number of nitrogens with two attached hydrogens (primary N) is 1. The Balaban J connectivity index is 1.57. The predicted octanol–water partition coefficient (Wildman–Crippen LogP) is 4.32. The van der Waals surface area contributed by atoms with E-state index in [-0.39, 0.29) is 5.15 Å². The van der Waals surface area contributed by atoms with Gasteiger partial charge in [0.05, 0.1) is 17.7 Å². The van der Waals surface area contributed by atoms with Gasteiger partial charge in [-0.1, -0.05) is 22.9 Å². The van der Waals surface area contributed by atoms with Gasteiger partial charge < -0.3 is 20.5 Å². The first-order valence-electron chi connectivity index (χ1n) is 10.5. The number of halogens is 1. The molecule has 3 aromatic heterocycles. The molecule has 5 rings (SSSR count). The number of aliphatic hydroxyl groups is 1. The van der Waals surface area contributed by atoms with Gasteiger partial charge in [0.15, 0.2) is 5.13 Å². The smallest absolute Gasteiger partial charge is 0.182 e. The number of hydrogen-bond donors (Lipinski definition) is 2. The molecule has 0 bridgehead atoms. The van der Waals surface area contributed by atoms with Gasteiger partial charge in [0.25, 0.3) is 0 Å². The lowest BCUT2D eigenvalue weighted by atomic mass is 9.98. The van der Waals surface area contributed by atoms with Gasteiger partial charge in [0.1, 0.15) is 40.0 Å². The molecule has 4 aromatic rings. The van der Waals surface area contributed by atoms with Gasteiger partial charge in [-0.25, -0.2) is 19.9 Å². The Kier molecular flexibility index (Phi) is 5.35. The summed E-state index contributed by atoms with van der Waals surface area (Å²) in [6, 6.07) is 6.20. The van der Waals surface area contributed by atoms with E-state index >= 15 is 0 Å². The second-order valence-electron chi connectivity index (χ2n) is 8.57. The first-order valence-corrected chi connectivity index (χ1v) is 11.7. The van der Waals surface area contributed by atoms with E-state index in [0.29, 0.717) is 36.2 Å². The van der Waals surface area contributed by atoms with E-state index in [9.17, 15) is 5.11 Å². The third-order valence-corrected chi connectivity index (χ3v) is 6.71. The molecular weight excluding hydrogens is 460 g/mol. The fraction of sp³-hybridized carbons (Fsp3) is 0.304. The Morgan fingerprint density at radius 3 is 2.79 bits per heavy atom. The molecule has 0 fully saturated rings. The summed E-state index contributed by atoms with van der Waals surface area (Å²) in [4.78, 5) is 20.3. The summed E-state index contributed by atoms with van der Waals surface area (Å²) in [6.07, 6.45) is 3.26. The van der Waals surface area contributed by atoms with E-state index in [4.69, 9.17) is 22.1 Å². The van der Waals surface area contributed by atoms with E-state index < -0.39 is 5.60 Å². The highest BCUT2D eigenvalue weighted by molar-refractivity contribution is 7.21. The maximum absolute atomic E-state index is 10.7. The Bertz CT molecular complexity index is 1370. The van der Waals surface area contributed by atoms with Crippen molar-refractivity contribution in [3.8, 4) is 16.9 Å². The molecule has 1 aromatic carbocycles. The van der Waals surface area contributed by atoms with E-state index in [1.54, 1.807) is 13.8 Å². The average Bonchev–Trinajstić information content (AvgIpc) is 2.97. The number of fused-ring (bicyclic) bond motifs is 2. The lowest BCUT2D eigenvalue weighted by Crippen LogP contribution is -2.30. The molecule has 0 aliphatic carbocycles. The fourth-order valence-electron chi connectivity index (χ4n) is 4.18. The van der Waals surface area contributed by atoms with E-state index in [0.717, 1.165) is 38.4 Å². The molecule has 0 radical (unpaired) electrons. The summed E-state index contributed by atoms with van der Waals surface area (Å²) in [5.41, 5.74) is 9.94. The van der Waals surface area contributed by atoms with Crippen molar-refractivity contribution in [2.75, 3.05) is 23.8 Å². The largest absolute Gasteiger partial charge is 0.491 e. The molecule has 10 heteroatoms. The van der Waals surface area contributed by atoms with Crippen LogP contribution in [0, 0.1) is 6.92 Å². The SMILES string of the molecule is Cc1cc(-c2cnc3sc(N)nc3c2)cc2c1OCCN(c1ncnc(Cl)c1C(C)(C)O)C2. The highest BCUT2D eigenvalue weighted by Gasteiger charge is 2.30. The molecule has 0 spiro atoms. The van der Waals surface area contributed by atoms with Crippen molar-refractivity contribution < 1.29 is 9.84 Å². The molecule has 1 aliphatic rings. The number of pyridine rings is 1. The predicted molar refractivity (Wildman–Crippen MR) is 131 cm³/mol. The van der Waals surface area contributed by atoms with Gasteiger partial charge in [-0.15, -0.1) is 0 Å². The molecule has 170 valence electrons. The average molecular weight is 483 g/mol. The van der Waals surface area contributed by atoms with Crippen LogP contribution < -0.4 is 15.4 Å².